The summed E-state index contributed by atoms with van der Waals surface area (Å²) in [6.45, 7) is 0.332. The molecule has 0 bridgehead atoms. The Bertz CT molecular complexity index is 907. The van der Waals surface area contributed by atoms with Crippen molar-refractivity contribution in [3.05, 3.63) is 35.6 Å². The molecule has 178 valence electrons. The van der Waals surface area contributed by atoms with E-state index in [9.17, 15) is 18.8 Å². The Kier molecular flexibility index (Phi) is 6.12. The van der Waals surface area contributed by atoms with Crippen LogP contribution in [0.2, 0.25) is 0 Å². The molecular formula is C25H33FN4O3. The van der Waals surface area contributed by atoms with E-state index in [0.717, 1.165) is 51.4 Å². The van der Waals surface area contributed by atoms with E-state index in [0.29, 0.717) is 18.5 Å². The van der Waals surface area contributed by atoms with Gasteiger partial charge in [0.05, 0.1) is 6.04 Å². The van der Waals surface area contributed by atoms with E-state index in [2.05, 4.69) is 5.32 Å². The van der Waals surface area contributed by atoms with Gasteiger partial charge in [0.1, 0.15) is 11.9 Å². The Labute approximate surface area is 193 Å². The van der Waals surface area contributed by atoms with Gasteiger partial charge in [-0.15, -0.1) is 0 Å². The van der Waals surface area contributed by atoms with Crippen molar-refractivity contribution in [3.8, 4) is 0 Å². The van der Waals surface area contributed by atoms with Crippen molar-refractivity contribution in [2.45, 2.75) is 88.0 Å². The van der Waals surface area contributed by atoms with Crippen LogP contribution in [0.1, 0.15) is 68.1 Å². The van der Waals surface area contributed by atoms with Gasteiger partial charge in [-0.2, -0.15) is 0 Å². The molecule has 2 unspecified atom stereocenters. The maximum Gasteiger partial charge on any atom is 0.254 e. The van der Waals surface area contributed by atoms with Crippen LogP contribution in [0.25, 0.3) is 0 Å². The number of nitrogens with zero attached hydrogens (tertiary/aromatic N) is 2. The highest BCUT2D eigenvalue weighted by molar-refractivity contribution is 5.98. The zero-order valence-corrected chi connectivity index (χ0v) is 18.9. The van der Waals surface area contributed by atoms with Crippen LogP contribution >= 0.6 is 0 Å². The second kappa shape index (κ2) is 9.05. The van der Waals surface area contributed by atoms with E-state index in [1.165, 1.54) is 24.3 Å². The first-order chi connectivity index (χ1) is 15.9. The van der Waals surface area contributed by atoms with Gasteiger partial charge in [0.25, 0.3) is 5.91 Å². The topological polar surface area (TPSA) is 95.7 Å². The average molecular weight is 457 g/mol. The number of amides is 3. The minimum Gasteiger partial charge on any atom is -0.352 e. The Morgan fingerprint density at radius 2 is 1.61 bits per heavy atom. The molecule has 1 aliphatic heterocycles. The molecule has 0 spiro atoms. The standard InChI is InChI=1S/C25H33FN4O3/c26-17-5-3-15(4-6-17)24(32)29-14-21(30(20-11-12-20)25(33)16-1-2-16)13-22(29)23(31)28-19-9-7-18(27)8-10-19/h3-6,16,18-22H,1-2,7-14,27H2,(H,28,31). The fourth-order valence-corrected chi connectivity index (χ4v) is 5.36. The highest BCUT2D eigenvalue weighted by atomic mass is 19.1. The van der Waals surface area contributed by atoms with Crippen LogP contribution in [0, 0.1) is 11.7 Å². The molecule has 1 aromatic rings. The Hall–Kier alpha value is -2.48. The monoisotopic (exact) mass is 456 g/mol. The molecule has 0 radical (unpaired) electrons. The second-order valence-electron chi connectivity index (χ2n) is 10.2. The first kappa shape index (κ1) is 22.3. The molecule has 33 heavy (non-hydrogen) atoms. The highest BCUT2D eigenvalue weighted by Gasteiger charge is 2.49. The molecule has 0 aromatic heterocycles. The maximum absolute atomic E-state index is 13.4. The molecule has 1 heterocycles. The zero-order valence-electron chi connectivity index (χ0n) is 18.9. The average Bonchev–Trinajstić information content (AvgIpc) is 3.73. The number of likely N-dealkylation sites (tertiary alicyclic amines) is 1. The van der Waals surface area contributed by atoms with E-state index in [1.807, 2.05) is 4.90 Å². The van der Waals surface area contributed by atoms with E-state index in [1.54, 1.807) is 4.90 Å². The Morgan fingerprint density at radius 1 is 0.939 bits per heavy atom. The second-order valence-corrected chi connectivity index (χ2v) is 10.2. The fraction of sp³-hybridized carbons (Fsp3) is 0.640. The third kappa shape index (κ3) is 4.90. The van der Waals surface area contributed by atoms with Crippen molar-refractivity contribution in [3.63, 3.8) is 0 Å². The molecule has 1 aromatic carbocycles. The zero-order chi connectivity index (χ0) is 23.1. The van der Waals surface area contributed by atoms with Crippen molar-refractivity contribution >= 4 is 17.7 Å². The van der Waals surface area contributed by atoms with Crippen LogP contribution in [0.3, 0.4) is 0 Å². The lowest BCUT2D eigenvalue weighted by atomic mass is 9.91. The summed E-state index contributed by atoms with van der Waals surface area (Å²) in [5.41, 5.74) is 6.35. The van der Waals surface area contributed by atoms with Crippen LogP contribution in [0.5, 0.6) is 0 Å². The largest absolute Gasteiger partial charge is 0.352 e. The molecular weight excluding hydrogens is 423 g/mol. The number of carbonyl (C=O) groups excluding carboxylic acids is 3. The summed E-state index contributed by atoms with van der Waals surface area (Å²) in [6, 6.07) is 5.10. The van der Waals surface area contributed by atoms with Gasteiger partial charge < -0.3 is 20.9 Å². The molecule has 8 heteroatoms. The predicted octanol–water partition coefficient (Wildman–Crippen LogP) is 2.20. The van der Waals surface area contributed by atoms with E-state index in [4.69, 9.17) is 5.73 Å². The van der Waals surface area contributed by atoms with Crippen LogP contribution < -0.4 is 11.1 Å². The van der Waals surface area contributed by atoms with Gasteiger partial charge in [-0.1, -0.05) is 0 Å². The number of hydrogen-bond donors (Lipinski definition) is 2. The quantitative estimate of drug-likeness (QED) is 0.686. The molecule has 4 aliphatic rings. The number of benzene rings is 1. The molecule has 3 amide bonds. The van der Waals surface area contributed by atoms with Crippen LogP contribution in [0.15, 0.2) is 24.3 Å². The van der Waals surface area contributed by atoms with Gasteiger partial charge in [-0.05, 0) is 82.1 Å². The van der Waals surface area contributed by atoms with Crippen molar-refractivity contribution in [2.75, 3.05) is 6.54 Å². The molecule has 7 nitrogen and oxygen atoms in total. The van der Waals surface area contributed by atoms with Gasteiger partial charge in [-0.25, -0.2) is 4.39 Å². The van der Waals surface area contributed by atoms with E-state index >= 15 is 0 Å². The van der Waals surface area contributed by atoms with Gasteiger partial charge in [0.15, 0.2) is 0 Å². The minimum absolute atomic E-state index is 0.0618. The minimum atomic E-state index is -0.642. The van der Waals surface area contributed by atoms with Gasteiger partial charge >= 0.3 is 0 Å². The smallest absolute Gasteiger partial charge is 0.254 e. The van der Waals surface area contributed by atoms with Crippen LogP contribution in [-0.2, 0) is 9.59 Å². The molecule has 1 saturated heterocycles. The Balaban J connectivity index is 1.35. The van der Waals surface area contributed by atoms with Crippen LogP contribution in [-0.4, -0.2) is 64.3 Å². The fourth-order valence-electron chi connectivity index (χ4n) is 5.36. The highest BCUT2D eigenvalue weighted by Crippen LogP contribution is 2.39. The number of halogens is 1. The molecule has 4 fully saturated rings. The summed E-state index contributed by atoms with van der Waals surface area (Å²) < 4.78 is 13.4. The summed E-state index contributed by atoms with van der Waals surface area (Å²) in [5, 5.41) is 3.14. The molecule has 3 aliphatic carbocycles. The normalized spacial score (nSPS) is 29.6. The Morgan fingerprint density at radius 3 is 2.21 bits per heavy atom. The number of rotatable bonds is 6. The summed E-state index contributed by atoms with van der Waals surface area (Å²) in [7, 11) is 0. The third-order valence-corrected chi connectivity index (χ3v) is 7.57. The molecule has 5 rings (SSSR count). The SMILES string of the molecule is NC1CCC(NC(=O)C2CC(N(C(=O)C3CC3)C3CC3)CN2C(=O)c2ccc(F)cc2)CC1. The predicted molar refractivity (Wildman–Crippen MR) is 121 cm³/mol. The molecule has 2 atom stereocenters. The summed E-state index contributed by atoms with van der Waals surface area (Å²) >= 11 is 0. The first-order valence-electron chi connectivity index (χ1n) is 12.4. The molecule has 3 saturated carbocycles. The van der Waals surface area contributed by atoms with E-state index < -0.39 is 11.9 Å². The number of hydrogen-bond acceptors (Lipinski definition) is 4. The van der Waals surface area contributed by atoms with Gasteiger partial charge in [-0.3, -0.25) is 14.4 Å². The van der Waals surface area contributed by atoms with E-state index in [-0.39, 0.29) is 47.8 Å². The molecule has 3 N–H and O–H groups in total. The van der Waals surface area contributed by atoms with Crippen molar-refractivity contribution in [1.29, 1.82) is 0 Å². The van der Waals surface area contributed by atoms with Gasteiger partial charge in [0, 0.05) is 36.2 Å². The lowest BCUT2D eigenvalue weighted by molar-refractivity contribution is -0.135. The lowest BCUT2D eigenvalue weighted by Gasteiger charge is -2.30. The van der Waals surface area contributed by atoms with Crippen molar-refractivity contribution < 1.29 is 18.8 Å². The number of carbonyl (C=O) groups is 3. The summed E-state index contributed by atoms with van der Waals surface area (Å²) in [5.74, 6) is -0.586. The third-order valence-electron chi connectivity index (χ3n) is 7.57. The summed E-state index contributed by atoms with van der Waals surface area (Å²) in [4.78, 5) is 43.4. The maximum atomic E-state index is 13.4. The number of nitrogens with one attached hydrogen (secondary N) is 1. The lowest BCUT2D eigenvalue weighted by Crippen LogP contribution is -2.50. The van der Waals surface area contributed by atoms with Crippen LogP contribution in [0.4, 0.5) is 4.39 Å². The van der Waals surface area contributed by atoms with Gasteiger partial charge in [0.2, 0.25) is 11.8 Å². The number of nitrogens with two attached hydrogens (primary N) is 1. The van der Waals surface area contributed by atoms with Crippen molar-refractivity contribution in [2.24, 2.45) is 11.7 Å². The summed E-state index contributed by atoms with van der Waals surface area (Å²) in [6.07, 6.45) is 7.71. The first-order valence-corrected chi connectivity index (χ1v) is 12.4. The van der Waals surface area contributed by atoms with Crippen molar-refractivity contribution in [1.82, 2.24) is 15.1 Å².